The van der Waals surface area contributed by atoms with Crippen LogP contribution in [0.15, 0.2) is 41.9 Å². The van der Waals surface area contributed by atoms with E-state index in [0.717, 1.165) is 10.6 Å². The van der Waals surface area contributed by atoms with Gasteiger partial charge in [-0.1, -0.05) is 78.3 Å². The maximum atomic E-state index is 14.4. The van der Waals surface area contributed by atoms with Crippen molar-refractivity contribution < 1.29 is 47.7 Å². The lowest BCUT2D eigenvalue weighted by molar-refractivity contribution is -0.145. The molecule has 1 saturated heterocycles. The molecule has 10 atom stereocenters. The number of ether oxygens (including phenoxy) is 5. The molecule has 1 aliphatic heterocycles. The average molecular weight is 889 g/mol. The summed E-state index contributed by atoms with van der Waals surface area (Å²) >= 11 is 1.45. The molecule has 3 rings (SSSR count). The van der Waals surface area contributed by atoms with Crippen LogP contribution in [-0.4, -0.2) is 141 Å². The van der Waals surface area contributed by atoms with Crippen molar-refractivity contribution >= 4 is 41.1 Å². The lowest BCUT2D eigenvalue weighted by Gasteiger charge is -2.40. The summed E-state index contributed by atoms with van der Waals surface area (Å²) in [6.45, 7) is 16.6. The van der Waals surface area contributed by atoms with Crippen LogP contribution in [0.25, 0.3) is 0 Å². The molecule has 0 radical (unpaired) electrons. The van der Waals surface area contributed by atoms with E-state index in [0.29, 0.717) is 12.8 Å². The van der Waals surface area contributed by atoms with Crippen molar-refractivity contribution in [2.45, 2.75) is 142 Å². The molecule has 2 aromatic rings. The van der Waals surface area contributed by atoms with Gasteiger partial charge in [0.2, 0.25) is 17.7 Å². The molecule has 3 N–H and O–H groups in total. The lowest BCUT2D eigenvalue weighted by Crippen LogP contribution is -2.60. The summed E-state index contributed by atoms with van der Waals surface area (Å²) in [4.78, 5) is 76.1. The average Bonchev–Trinajstić information content (AvgIpc) is 3.89. The Morgan fingerprint density at radius 1 is 0.903 bits per heavy atom. The van der Waals surface area contributed by atoms with E-state index in [2.05, 4.69) is 20.9 Å². The minimum atomic E-state index is -1.03. The number of carbonyl (C=O) groups is 5. The number of aromatic nitrogens is 1. The van der Waals surface area contributed by atoms with Gasteiger partial charge >= 0.3 is 6.09 Å². The van der Waals surface area contributed by atoms with E-state index in [1.807, 2.05) is 77.3 Å². The molecule has 1 aliphatic rings. The molecule has 2 heterocycles. The topological polar surface area (TPSA) is 187 Å². The van der Waals surface area contributed by atoms with Gasteiger partial charge in [0.15, 0.2) is 6.10 Å². The van der Waals surface area contributed by atoms with Crippen molar-refractivity contribution in [1.82, 2.24) is 30.7 Å². The van der Waals surface area contributed by atoms with Crippen molar-refractivity contribution in [1.29, 1.82) is 0 Å². The molecule has 5 amide bonds. The van der Waals surface area contributed by atoms with Crippen molar-refractivity contribution in [3.8, 4) is 0 Å². The van der Waals surface area contributed by atoms with Crippen LogP contribution in [0.2, 0.25) is 0 Å². The smallest absolute Gasteiger partial charge is 0.410 e. The fourth-order valence-corrected chi connectivity index (χ4v) is 8.59. The molecule has 0 aliphatic carbocycles. The Hall–Kier alpha value is -4.16. The van der Waals surface area contributed by atoms with Crippen molar-refractivity contribution in [2.24, 2.45) is 17.8 Å². The molecule has 16 nitrogen and oxygen atoms in total. The first-order valence-corrected chi connectivity index (χ1v) is 22.3. The minimum absolute atomic E-state index is 0.0102. The van der Waals surface area contributed by atoms with E-state index < -0.39 is 78.2 Å². The van der Waals surface area contributed by atoms with Gasteiger partial charge in [0.1, 0.15) is 41.0 Å². The van der Waals surface area contributed by atoms with E-state index in [1.54, 1.807) is 38.9 Å². The molecule has 0 bridgehead atoms. The van der Waals surface area contributed by atoms with Crippen molar-refractivity contribution in [2.75, 3.05) is 42.0 Å². The number of carbonyl (C=O) groups excluding carboxylic acids is 5. The molecule has 0 saturated carbocycles. The third kappa shape index (κ3) is 14.2. The Morgan fingerprint density at radius 2 is 1.55 bits per heavy atom. The molecule has 0 unspecified atom stereocenters. The Balaban J connectivity index is 1.73. The normalized spacial score (nSPS) is 20.7. The summed E-state index contributed by atoms with van der Waals surface area (Å²) in [7, 11) is 7.65. The van der Waals surface area contributed by atoms with Crippen LogP contribution < -0.4 is 16.0 Å². The van der Waals surface area contributed by atoms with Gasteiger partial charge in [-0.25, -0.2) is 9.78 Å². The van der Waals surface area contributed by atoms with Gasteiger partial charge < -0.3 is 44.5 Å². The number of thiazole rings is 1. The van der Waals surface area contributed by atoms with Crippen LogP contribution >= 0.6 is 11.3 Å². The largest absolute Gasteiger partial charge is 0.444 e. The molecule has 1 aromatic heterocycles. The van der Waals surface area contributed by atoms with Gasteiger partial charge in [-0.2, -0.15) is 0 Å². The first-order chi connectivity index (χ1) is 29.2. The number of rotatable bonds is 22. The SMILES string of the molecule is CC[C@H](C)[C@@H]([C@H](CC(=O)NC[C@H]1O[C@H](C(=O)N[C@@H](Cc2ccccc2)c2nccs2)[C@@H](OC)[C@@H]1OC)OC)N(C)C(=O)[C@@H](NC(=O)[C@H](C(C)C)N(C)C(=O)OC(C)(C)C)C(C)C. The fraction of sp³-hybridized carbons (Fsp3) is 0.689. The number of benzene rings is 1. The Labute approximate surface area is 372 Å². The predicted octanol–water partition coefficient (Wildman–Crippen LogP) is 4.77. The summed E-state index contributed by atoms with van der Waals surface area (Å²) in [5.74, 6) is -2.32. The maximum absolute atomic E-state index is 14.4. The van der Waals surface area contributed by atoms with E-state index in [4.69, 9.17) is 23.7 Å². The second-order valence-corrected chi connectivity index (χ2v) is 18.7. The number of hydrogen-bond acceptors (Lipinski definition) is 12. The first kappa shape index (κ1) is 52.2. The van der Waals surface area contributed by atoms with Crippen LogP contribution in [0, 0.1) is 17.8 Å². The van der Waals surface area contributed by atoms with Gasteiger partial charge in [-0.05, 0) is 50.5 Å². The van der Waals surface area contributed by atoms with Gasteiger partial charge in [-0.15, -0.1) is 11.3 Å². The molecule has 62 heavy (non-hydrogen) atoms. The standard InChI is InChI=1S/C45H72N6O10S/c1-15-28(6)36(50(10)43(55)34(26(2)3)49-40(53)35(27(4)5)51(11)44(56)61-45(7,8)9)31(57-12)24-33(52)47-25-32-37(58-13)38(59-14)39(60-32)41(54)48-30(42-46-21-22-62-42)23-29-19-17-16-18-20-29/h16-22,26-28,30-32,34-39H,15,23-25H2,1-14H3,(H,47,52)(H,48,54)(H,49,53)/t28-,30-,31-,32+,34-,35-,36-,37+,38-,39-/m0/s1. The van der Waals surface area contributed by atoms with E-state index in [9.17, 15) is 24.0 Å². The number of likely N-dealkylation sites (N-methyl/N-ethyl adjacent to an activating group) is 2. The number of nitrogens with zero attached hydrogens (tertiary/aromatic N) is 3. The highest BCUT2D eigenvalue weighted by molar-refractivity contribution is 7.09. The summed E-state index contributed by atoms with van der Waals surface area (Å²) in [5, 5.41) is 11.6. The van der Waals surface area contributed by atoms with E-state index in [1.165, 1.54) is 44.6 Å². The van der Waals surface area contributed by atoms with Gasteiger partial charge in [-0.3, -0.25) is 24.1 Å². The number of nitrogens with one attached hydrogen (secondary N) is 3. The van der Waals surface area contributed by atoms with Crippen LogP contribution in [0.5, 0.6) is 0 Å². The number of hydrogen-bond donors (Lipinski definition) is 3. The van der Waals surface area contributed by atoms with Crippen LogP contribution in [0.1, 0.15) is 91.8 Å². The third-order valence-electron chi connectivity index (χ3n) is 11.3. The quantitative estimate of drug-likeness (QED) is 0.148. The Bertz CT molecular complexity index is 1720. The minimum Gasteiger partial charge on any atom is -0.444 e. The maximum Gasteiger partial charge on any atom is 0.410 e. The highest BCUT2D eigenvalue weighted by Crippen LogP contribution is 2.29. The zero-order chi connectivity index (χ0) is 46.5. The highest BCUT2D eigenvalue weighted by Gasteiger charge is 2.49. The zero-order valence-electron chi connectivity index (χ0n) is 39.1. The molecular weight excluding hydrogens is 817 g/mol. The number of amides is 5. The molecule has 348 valence electrons. The molecule has 0 spiro atoms. The van der Waals surface area contributed by atoms with E-state index >= 15 is 0 Å². The van der Waals surface area contributed by atoms with Gasteiger partial charge in [0.25, 0.3) is 5.91 Å². The van der Waals surface area contributed by atoms with Crippen molar-refractivity contribution in [3.63, 3.8) is 0 Å². The second kappa shape index (κ2) is 24.1. The summed E-state index contributed by atoms with van der Waals surface area (Å²) in [6.07, 6.45) is -1.80. The predicted molar refractivity (Wildman–Crippen MR) is 237 cm³/mol. The highest BCUT2D eigenvalue weighted by atomic mass is 32.1. The lowest BCUT2D eigenvalue weighted by atomic mass is 9.89. The molecule has 17 heteroatoms. The fourth-order valence-electron chi connectivity index (χ4n) is 7.90. The molecule has 1 fully saturated rings. The van der Waals surface area contributed by atoms with Crippen LogP contribution in [0.4, 0.5) is 4.79 Å². The van der Waals surface area contributed by atoms with Gasteiger partial charge in [0, 0.05) is 53.5 Å². The monoisotopic (exact) mass is 889 g/mol. The summed E-state index contributed by atoms with van der Waals surface area (Å²) in [6, 6.07) is 6.99. The summed E-state index contributed by atoms with van der Waals surface area (Å²) in [5.41, 5.74) is 0.272. The Morgan fingerprint density at radius 3 is 2.06 bits per heavy atom. The zero-order valence-corrected chi connectivity index (χ0v) is 39.9. The number of methoxy groups -OCH3 is 3. The second-order valence-electron chi connectivity index (χ2n) is 17.7. The van der Waals surface area contributed by atoms with Gasteiger partial charge in [0.05, 0.1) is 24.6 Å². The molecule has 1 aromatic carbocycles. The summed E-state index contributed by atoms with van der Waals surface area (Å²) < 4.78 is 29.3. The first-order valence-electron chi connectivity index (χ1n) is 21.5. The van der Waals surface area contributed by atoms with Crippen molar-refractivity contribution in [3.05, 3.63) is 52.5 Å². The van der Waals surface area contributed by atoms with E-state index in [-0.39, 0.29) is 42.5 Å². The molecular formula is C45H72N6O10S. The Kier molecular flexibility index (Phi) is 20.2. The third-order valence-corrected chi connectivity index (χ3v) is 12.2. The van der Waals surface area contributed by atoms with Crippen LogP contribution in [-0.2, 0) is 49.3 Å². The van der Waals surface area contributed by atoms with Crippen LogP contribution in [0.3, 0.4) is 0 Å².